The summed E-state index contributed by atoms with van der Waals surface area (Å²) in [5.41, 5.74) is 0. The van der Waals surface area contributed by atoms with Crippen LogP contribution in [0.15, 0.2) is 0 Å². The van der Waals surface area contributed by atoms with Gasteiger partial charge in [-0.05, 0) is 17.9 Å². The van der Waals surface area contributed by atoms with Crippen LogP contribution in [-0.4, -0.2) is 22.9 Å². The highest BCUT2D eigenvalue weighted by atomic mass is 33.1. The predicted octanol–water partition coefficient (Wildman–Crippen LogP) is 1.37. The molecule has 0 rings (SSSR count). The fraction of sp³-hybridized carbons (Fsp3) is 0.800. The van der Waals surface area contributed by atoms with Crippen LogP contribution < -0.4 is 4.72 Å². The second-order valence-corrected chi connectivity index (χ2v) is 4.09. The fourth-order valence-electron chi connectivity index (χ4n) is 0.216. The van der Waals surface area contributed by atoms with Crippen molar-refractivity contribution in [3.8, 4) is 0 Å². The largest absolute Gasteiger partial charge is 0.480 e. The third-order valence-corrected chi connectivity index (χ3v) is 2.92. The maximum absolute atomic E-state index is 10.2. The summed E-state index contributed by atoms with van der Waals surface area (Å²) in [4.78, 5) is 10.2. The minimum atomic E-state index is -0.816. The van der Waals surface area contributed by atoms with Gasteiger partial charge in [-0.2, -0.15) is 0 Å². The lowest BCUT2D eigenvalue weighted by molar-refractivity contribution is -0.138. The average molecular weight is 181 g/mol. The van der Waals surface area contributed by atoms with Crippen molar-refractivity contribution >= 4 is 27.7 Å². The van der Waals surface area contributed by atoms with Crippen LogP contribution in [0.4, 0.5) is 0 Å². The number of hydrogen-bond donors (Lipinski definition) is 2. The number of carboxylic acid groups (broad SMARTS) is 1. The molecule has 0 heterocycles. The Morgan fingerprint density at radius 3 is 2.80 bits per heavy atom. The molecule has 10 heavy (non-hydrogen) atoms. The molecule has 60 valence electrons. The summed E-state index contributed by atoms with van der Waals surface area (Å²) in [6, 6.07) is -0.468. The lowest BCUT2D eigenvalue weighted by atomic mass is 10.4. The van der Waals surface area contributed by atoms with E-state index in [-0.39, 0.29) is 0 Å². The molecule has 0 fully saturated rings. The van der Waals surface area contributed by atoms with Gasteiger partial charge in [0, 0.05) is 5.75 Å². The Kier molecular flexibility index (Phi) is 5.96. The van der Waals surface area contributed by atoms with E-state index in [9.17, 15) is 4.79 Å². The third kappa shape index (κ3) is 4.96. The highest BCUT2D eigenvalue weighted by Crippen LogP contribution is 2.16. The Hall–Kier alpha value is 0.130. The summed E-state index contributed by atoms with van der Waals surface area (Å²) in [5.74, 6) is 0.161. The molecule has 0 saturated carbocycles. The number of carbonyl (C=O) groups is 1. The maximum atomic E-state index is 10.2. The number of rotatable bonds is 5. The van der Waals surface area contributed by atoms with E-state index < -0.39 is 12.0 Å². The van der Waals surface area contributed by atoms with Gasteiger partial charge in [0.05, 0.1) is 0 Å². The molecule has 0 spiro atoms. The monoisotopic (exact) mass is 181 g/mol. The highest BCUT2D eigenvalue weighted by molar-refractivity contribution is 8.76. The summed E-state index contributed by atoms with van der Waals surface area (Å²) in [6.07, 6.45) is 0. The first-order valence-electron chi connectivity index (χ1n) is 2.95. The summed E-state index contributed by atoms with van der Waals surface area (Å²) in [6.45, 7) is 3.64. The zero-order valence-corrected chi connectivity index (χ0v) is 7.59. The predicted molar refractivity (Wildman–Crippen MR) is 46.0 cm³/mol. The third-order valence-electron chi connectivity index (χ3n) is 0.772. The summed E-state index contributed by atoms with van der Waals surface area (Å²) in [7, 11) is 2.97. The molecule has 0 aromatic carbocycles. The number of hydrogen-bond acceptors (Lipinski definition) is 4. The van der Waals surface area contributed by atoms with Crippen LogP contribution in [0.1, 0.15) is 13.8 Å². The molecule has 0 unspecified atom stereocenters. The van der Waals surface area contributed by atoms with E-state index in [1.165, 1.54) is 11.0 Å². The van der Waals surface area contributed by atoms with Crippen molar-refractivity contribution in [3.05, 3.63) is 0 Å². The zero-order valence-electron chi connectivity index (χ0n) is 5.96. The zero-order chi connectivity index (χ0) is 7.98. The van der Waals surface area contributed by atoms with Crippen LogP contribution in [0.3, 0.4) is 0 Å². The summed E-state index contributed by atoms with van der Waals surface area (Å²) >= 11 is 0. The fourth-order valence-corrected chi connectivity index (χ4v) is 1.64. The molecule has 0 aliphatic rings. The Morgan fingerprint density at radius 1 is 1.80 bits per heavy atom. The average Bonchev–Trinajstić information content (AvgIpc) is 1.88. The first-order valence-corrected chi connectivity index (χ1v) is 5.27. The van der Waals surface area contributed by atoms with E-state index >= 15 is 0 Å². The quantitative estimate of drug-likeness (QED) is 0.381. The van der Waals surface area contributed by atoms with Crippen LogP contribution in [0.2, 0.25) is 0 Å². The lowest BCUT2D eigenvalue weighted by Crippen LogP contribution is -2.27. The summed E-state index contributed by atoms with van der Waals surface area (Å²) < 4.78 is 2.76. The number of aliphatic carboxylic acids is 1. The van der Waals surface area contributed by atoms with Gasteiger partial charge in [0.15, 0.2) is 0 Å². The van der Waals surface area contributed by atoms with Gasteiger partial charge >= 0.3 is 5.97 Å². The summed E-state index contributed by atoms with van der Waals surface area (Å²) in [5, 5.41) is 8.40. The van der Waals surface area contributed by atoms with Crippen molar-refractivity contribution in [1.82, 2.24) is 4.72 Å². The first kappa shape index (κ1) is 10.1. The molecule has 0 amide bonds. The van der Waals surface area contributed by atoms with Crippen LogP contribution in [0.5, 0.6) is 0 Å². The first-order chi connectivity index (χ1) is 4.68. The van der Waals surface area contributed by atoms with E-state index in [4.69, 9.17) is 5.11 Å². The molecule has 5 heteroatoms. The van der Waals surface area contributed by atoms with Gasteiger partial charge in [0.1, 0.15) is 6.04 Å². The smallest absolute Gasteiger partial charge is 0.321 e. The van der Waals surface area contributed by atoms with Gasteiger partial charge in [0.2, 0.25) is 0 Å². The van der Waals surface area contributed by atoms with Gasteiger partial charge in [-0.3, -0.25) is 4.79 Å². The van der Waals surface area contributed by atoms with Crippen LogP contribution in [0.25, 0.3) is 0 Å². The van der Waals surface area contributed by atoms with Gasteiger partial charge in [-0.1, -0.05) is 17.7 Å². The van der Waals surface area contributed by atoms with Crippen molar-refractivity contribution < 1.29 is 9.90 Å². The Balaban J connectivity index is 3.21. The van der Waals surface area contributed by atoms with Gasteiger partial charge in [0.25, 0.3) is 0 Å². The molecule has 1 atom stereocenters. The van der Waals surface area contributed by atoms with Crippen molar-refractivity contribution in [2.24, 2.45) is 0 Å². The van der Waals surface area contributed by atoms with Crippen molar-refractivity contribution in [3.63, 3.8) is 0 Å². The minimum Gasteiger partial charge on any atom is -0.480 e. The number of carboxylic acids is 1. The molecule has 0 aliphatic carbocycles. The van der Waals surface area contributed by atoms with Gasteiger partial charge < -0.3 is 5.11 Å². The Morgan fingerprint density at radius 2 is 2.40 bits per heavy atom. The molecular weight excluding hydrogens is 170 g/mol. The molecule has 3 nitrogen and oxygen atoms in total. The van der Waals surface area contributed by atoms with E-state index in [1.54, 1.807) is 17.7 Å². The van der Waals surface area contributed by atoms with Crippen LogP contribution >= 0.6 is 21.8 Å². The standard InChI is InChI=1S/C5H11NO2S2/c1-3-9-10-6-4(2)5(7)8/h4,6H,3H2,1-2H3,(H,7,8)/t4-/m0/s1. The molecule has 0 saturated heterocycles. The lowest BCUT2D eigenvalue weighted by Gasteiger charge is -2.05. The highest BCUT2D eigenvalue weighted by Gasteiger charge is 2.08. The van der Waals surface area contributed by atoms with Gasteiger partial charge in [-0.25, -0.2) is 4.72 Å². The second-order valence-electron chi connectivity index (χ2n) is 1.67. The Bertz CT molecular complexity index is 110. The number of nitrogens with one attached hydrogen (secondary N) is 1. The van der Waals surface area contributed by atoms with E-state index in [2.05, 4.69) is 4.72 Å². The molecule has 0 aromatic heterocycles. The van der Waals surface area contributed by atoms with Crippen molar-refractivity contribution in [2.75, 3.05) is 5.75 Å². The van der Waals surface area contributed by atoms with Crippen LogP contribution in [0, 0.1) is 0 Å². The normalized spacial score (nSPS) is 13.0. The topological polar surface area (TPSA) is 49.3 Å². The maximum Gasteiger partial charge on any atom is 0.321 e. The van der Waals surface area contributed by atoms with Gasteiger partial charge in [-0.15, -0.1) is 0 Å². The van der Waals surface area contributed by atoms with E-state index in [0.717, 1.165) is 5.75 Å². The molecule has 2 N–H and O–H groups in total. The second kappa shape index (κ2) is 5.88. The van der Waals surface area contributed by atoms with Crippen LogP contribution in [-0.2, 0) is 4.79 Å². The molecular formula is C5H11NO2S2. The Labute approximate surface area is 68.5 Å². The minimum absolute atomic E-state index is 0.468. The molecule has 0 aliphatic heterocycles. The van der Waals surface area contributed by atoms with Crippen molar-refractivity contribution in [1.29, 1.82) is 0 Å². The van der Waals surface area contributed by atoms with Crippen molar-refractivity contribution in [2.45, 2.75) is 19.9 Å². The van der Waals surface area contributed by atoms with E-state index in [0.29, 0.717) is 0 Å². The molecule has 0 radical (unpaired) electrons. The molecule has 0 bridgehead atoms. The molecule has 0 aromatic rings. The SMILES string of the molecule is CCSSN[C@@H](C)C(=O)O. The van der Waals surface area contributed by atoms with E-state index in [1.807, 2.05) is 6.92 Å².